The molecule has 0 radical (unpaired) electrons. The van der Waals surface area contributed by atoms with E-state index in [2.05, 4.69) is 9.97 Å². The lowest BCUT2D eigenvalue weighted by Gasteiger charge is -2.08. The van der Waals surface area contributed by atoms with E-state index < -0.39 is 0 Å². The van der Waals surface area contributed by atoms with Crippen LogP contribution in [0.2, 0.25) is 0 Å². The average molecular weight is 208 g/mol. The molecule has 1 atom stereocenters. The van der Waals surface area contributed by atoms with Gasteiger partial charge in [0, 0.05) is 6.20 Å². The molecular weight excluding hydrogens is 192 g/mol. The minimum absolute atomic E-state index is 0.0805. The van der Waals surface area contributed by atoms with Crippen LogP contribution in [-0.2, 0) is 4.79 Å². The van der Waals surface area contributed by atoms with E-state index in [1.165, 1.54) is 0 Å². The second-order valence-electron chi connectivity index (χ2n) is 3.46. The van der Waals surface area contributed by atoms with E-state index in [9.17, 15) is 4.79 Å². The van der Waals surface area contributed by atoms with Crippen molar-refractivity contribution in [2.24, 2.45) is 0 Å². The van der Waals surface area contributed by atoms with E-state index in [-0.39, 0.29) is 11.7 Å². The van der Waals surface area contributed by atoms with Crippen LogP contribution in [0.15, 0.2) is 12.4 Å². The third-order valence-corrected chi connectivity index (χ3v) is 2.14. The predicted octanol–water partition coefficient (Wildman–Crippen LogP) is 1.96. The van der Waals surface area contributed by atoms with Gasteiger partial charge in [-0.1, -0.05) is 6.92 Å². The van der Waals surface area contributed by atoms with Gasteiger partial charge in [0.1, 0.15) is 5.78 Å². The number of carbonyl (C=O) groups excluding carboxylic acids is 1. The highest BCUT2D eigenvalue weighted by molar-refractivity contribution is 5.82. The zero-order valence-corrected chi connectivity index (χ0v) is 9.36. The highest BCUT2D eigenvalue weighted by atomic mass is 16.5. The van der Waals surface area contributed by atoms with Crippen molar-refractivity contribution < 1.29 is 9.53 Å². The summed E-state index contributed by atoms with van der Waals surface area (Å²) in [6.45, 7) is 6.00. The molecule has 82 valence electrons. The molecule has 4 nitrogen and oxygen atoms in total. The molecule has 1 heterocycles. The molecule has 1 unspecified atom stereocenters. The van der Waals surface area contributed by atoms with Crippen molar-refractivity contribution in [1.82, 2.24) is 9.97 Å². The molecule has 15 heavy (non-hydrogen) atoms. The summed E-state index contributed by atoms with van der Waals surface area (Å²) in [5, 5.41) is 0. The maximum absolute atomic E-state index is 11.2. The van der Waals surface area contributed by atoms with E-state index in [1.54, 1.807) is 19.3 Å². The number of hydrogen-bond donors (Lipinski definition) is 0. The number of ketones is 1. The number of nitrogens with zero attached hydrogens (tertiary/aromatic N) is 2. The first-order valence-corrected chi connectivity index (χ1v) is 5.10. The lowest BCUT2D eigenvalue weighted by atomic mass is 10.0. The summed E-state index contributed by atoms with van der Waals surface area (Å²) >= 11 is 0. The molecule has 0 amide bonds. The molecule has 1 aromatic rings. The normalized spacial score (nSPS) is 12.2. The minimum Gasteiger partial charge on any atom is -0.477 e. The second kappa shape index (κ2) is 5.44. The smallest absolute Gasteiger partial charge is 0.232 e. The molecule has 0 aromatic carbocycles. The fourth-order valence-corrected chi connectivity index (χ4v) is 1.06. The Morgan fingerprint density at radius 3 is 2.87 bits per heavy atom. The topological polar surface area (TPSA) is 52.1 Å². The number of rotatable bonds is 5. The third kappa shape index (κ3) is 3.31. The van der Waals surface area contributed by atoms with Gasteiger partial charge in [-0.3, -0.25) is 9.78 Å². The van der Waals surface area contributed by atoms with Crippen molar-refractivity contribution in [2.75, 3.05) is 6.61 Å². The zero-order chi connectivity index (χ0) is 11.3. The van der Waals surface area contributed by atoms with E-state index in [0.29, 0.717) is 18.2 Å². The van der Waals surface area contributed by atoms with Crippen LogP contribution in [0.1, 0.15) is 38.8 Å². The van der Waals surface area contributed by atoms with E-state index in [4.69, 9.17) is 4.74 Å². The molecule has 0 spiro atoms. The van der Waals surface area contributed by atoms with Crippen LogP contribution < -0.4 is 4.74 Å². The number of aromatic nitrogens is 2. The molecule has 4 heteroatoms. The quantitative estimate of drug-likeness (QED) is 0.742. The van der Waals surface area contributed by atoms with Gasteiger partial charge in [0.25, 0.3) is 0 Å². The Bertz CT molecular complexity index is 339. The molecule has 0 fully saturated rings. The van der Waals surface area contributed by atoms with Crippen LogP contribution in [0.5, 0.6) is 5.88 Å². The summed E-state index contributed by atoms with van der Waals surface area (Å²) < 4.78 is 5.34. The molecule has 1 aromatic heterocycles. The Balaban J connectivity index is 2.77. The van der Waals surface area contributed by atoms with Crippen LogP contribution in [0.4, 0.5) is 0 Å². The van der Waals surface area contributed by atoms with Gasteiger partial charge in [-0.2, -0.15) is 0 Å². The van der Waals surface area contributed by atoms with Crippen LogP contribution in [0, 0.1) is 0 Å². The Morgan fingerprint density at radius 1 is 1.53 bits per heavy atom. The van der Waals surface area contributed by atoms with Crippen LogP contribution in [0.25, 0.3) is 0 Å². The Labute approximate surface area is 89.7 Å². The summed E-state index contributed by atoms with van der Waals surface area (Å²) in [4.78, 5) is 19.4. The van der Waals surface area contributed by atoms with Crippen molar-refractivity contribution in [1.29, 1.82) is 0 Å². The Hall–Kier alpha value is -1.45. The maximum Gasteiger partial charge on any atom is 0.232 e. The van der Waals surface area contributed by atoms with Crippen LogP contribution in [-0.4, -0.2) is 22.4 Å². The van der Waals surface area contributed by atoms with Gasteiger partial charge in [0.15, 0.2) is 0 Å². The summed E-state index contributed by atoms with van der Waals surface area (Å²) in [6.07, 6.45) is 4.09. The summed E-state index contributed by atoms with van der Waals surface area (Å²) in [5.41, 5.74) is 0.663. The van der Waals surface area contributed by atoms with E-state index >= 15 is 0 Å². The standard InChI is InChI=1S/C11H16N2O2/c1-4-5-15-11-7-12-6-10(13-11)8(2)9(3)14/h6-8H,4-5H2,1-3H3. The van der Waals surface area contributed by atoms with E-state index in [1.807, 2.05) is 13.8 Å². The highest BCUT2D eigenvalue weighted by Crippen LogP contribution is 2.15. The highest BCUT2D eigenvalue weighted by Gasteiger charge is 2.13. The number of carbonyl (C=O) groups is 1. The molecule has 0 aliphatic heterocycles. The van der Waals surface area contributed by atoms with Crippen molar-refractivity contribution in [3.8, 4) is 5.88 Å². The Morgan fingerprint density at radius 2 is 2.27 bits per heavy atom. The van der Waals surface area contributed by atoms with Crippen molar-refractivity contribution in [3.05, 3.63) is 18.1 Å². The van der Waals surface area contributed by atoms with Gasteiger partial charge in [-0.05, 0) is 20.3 Å². The number of Topliss-reactive ketones (excluding diaryl/α,β-unsaturated/α-hetero) is 1. The second-order valence-corrected chi connectivity index (χ2v) is 3.46. The van der Waals surface area contributed by atoms with Gasteiger partial charge >= 0.3 is 0 Å². The molecule has 1 rings (SSSR count). The zero-order valence-electron chi connectivity index (χ0n) is 9.36. The lowest BCUT2D eigenvalue weighted by Crippen LogP contribution is -2.08. The van der Waals surface area contributed by atoms with E-state index in [0.717, 1.165) is 6.42 Å². The number of hydrogen-bond acceptors (Lipinski definition) is 4. The lowest BCUT2D eigenvalue weighted by molar-refractivity contribution is -0.118. The summed E-state index contributed by atoms with van der Waals surface area (Å²) in [6, 6.07) is 0. The van der Waals surface area contributed by atoms with Crippen molar-refractivity contribution in [3.63, 3.8) is 0 Å². The molecule has 0 aliphatic rings. The molecule has 0 bridgehead atoms. The molecule has 0 saturated heterocycles. The van der Waals surface area contributed by atoms with Gasteiger partial charge in [0.2, 0.25) is 5.88 Å². The van der Waals surface area contributed by atoms with Crippen molar-refractivity contribution >= 4 is 5.78 Å². The summed E-state index contributed by atoms with van der Waals surface area (Å²) in [7, 11) is 0. The fourth-order valence-electron chi connectivity index (χ4n) is 1.06. The van der Waals surface area contributed by atoms with Gasteiger partial charge in [-0.15, -0.1) is 0 Å². The van der Waals surface area contributed by atoms with Gasteiger partial charge in [0.05, 0.1) is 24.4 Å². The molecule has 0 saturated carbocycles. The van der Waals surface area contributed by atoms with Gasteiger partial charge in [-0.25, -0.2) is 4.98 Å². The summed E-state index contributed by atoms with van der Waals surface area (Å²) in [5.74, 6) is 0.349. The predicted molar refractivity (Wildman–Crippen MR) is 56.9 cm³/mol. The minimum atomic E-state index is -0.220. The fraction of sp³-hybridized carbons (Fsp3) is 0.545. The SMILES string of the molecule is CCCOc1cncc(C(C)C(C)=O)n1. The van der Waals surface area contributed by atoms with Crippen molar-refractivity contribution in [2.45, 2.75) is 33.1 Å². The average Bonchev–Trinajstić information content (AvgIpc) is 2.25. The largest absolute Gasteiger partial charge is 0.477 e. The first kappa shape index (κ1) is 11.6. The maximum atomic E-state index is 11.2. The molecule has 0 N–H and O–H groups in total. The monoisotopic (exact) mass is 208 g/mol. The van der Waals surface area contributed by atoms with Crippen LogP contribution in [0.3, 0.4) is 0 Å². The number of ether oxygens (including phenoxy) is 1. The first-order valence-electron chi connectivity index (χ1n) is 5.10. The Kier molecular flexibility index (Phi) is 4.21. The first-order chi connectivity index (χ1) is 7.15. The van der Waals surface area contributed by atoms with Crippen LogP contribution >= 0.6 is 0 Å². The molecular formula is C11H16N2O2. The third-order valence-electron chi connectivity index (χ3n) is 2.14. The van der Waals surface area contributed by atoms with Gasteiger partial charge < -0.3 is 4.74 Å². The molecule has 0 aliphatic carbocycles.